The lowest BCUT2D eigenvalue weighted by atomic mass is 10.4. The Kier molecular flexibility index (Phi) is 1.97. The van der Waals surface area contributed by atoms with E-state index < -0.39 is 0 Å². The van der Waals surface area contributed by atoms with Crippen molar-refractivity contribution in [3.8, 4) is 0 Å². The van der Waals surface area contributed by atoms with Crippen molar-refractivity contribution < 1.29 is 0 Å². The van der Waals surface area contributed by atoms with Gasteiger partial charge in [-0.2, -0.15) is 4.98 Å². The Balaban J connectivity index is 3.31. The smallest absolute Gasteiger partial charge is 0.224 e. The molecule has 0 aliphatic carbocycles. The van der Waals surface area contributed by atoms with E-state index in [1.807, 2.05) is 0 Å². The monoisotopic (exact) mass is 177 g/mol. The molecule has 5 heteroatoms. The lowest BCUT2D eigenvalue weighted by Gasteiger charge is -1.98. The summed E-state index contributed by atoms with van der Waals surface area (Å²) < 4.78 is 0. The molecule has 0 atom stereocenters. The van der Waals surface area contributed by atoms with Crippen molar-refractivity contribution >= 4 is 29.0 Å². The van der Waals surface area contributed by atoms with E-state index in [2.05, 4.69) is 9.97 Å². The summed E-state index contributed by atoms with van der Waals surface area (Å²) in [6.07, 6.45) is 0. The molecule has 0 saturated carbocycles. The zero-order valence-electron chi connectivity index (χ0n) is 5.23. The van der Waals surface area contributed by atoms with Gasteiger partial charge < -0.3 is 5.73 Å². The van der Waals surface area contributed by atoms with Crippen LogP contribution in [0.4, 0.5) is 5.82 Å². The zero-order valence-corrected chi connectivity index (χ0v) is 6.74. The van der Waals surface area contributed by atoms with E-state index in [0.29, 0.717) is 10.7 Å². The minimum atomic E-state index is 0.124. The highest BCUT2D eigenvalue weighted by molar-refractivity contribution is 6.34. The van der Waals surface area contributed by atoms with Gasteiger partial charge in [-0.3, -0.25) is 0 Å². The van der Waals surface area contributed by atoms with E-state index in [1.54, 1.807) is 6.92 Å². The molecule has 0 aromatic carbocycles. The van der Waals surface area contributed by atoms with E-state index in [0.717, 1.165) is 0 Å². The zero-order chi connectivity index (χ0) is 7.72. The van der Waals surface area contributed by atoms with E-state index in [4.69, 9.17) is 28.9 Å². The van der Waals surface area contributed by atoms with Gasteiger partial charge in [0.15, 0.2) is 0 Å². The Morgan fingerprint density at radius 2 is 1.90 bits per heavy atom. The Labute approximate surface area is 68.2 Å². The molecule has 0 unspecified atom stereocenters. The van der Waals surface area contributed by atoms with Gasteiger partial charge in [0.2, 0.25) is 5.28 Å². The molecule has 0 aliphatic heterocycles. The van der Waals surface area contributed by atoms with Gasteiger partial charge in [-0.25, -0.2) is 4.98 Å². The normalized spacial score (nSPS) is 9.90. The molecule has 0 saturated heterocycles. The molecule has 0 bridgehead atoms. The molecule has 1 heterocycles. The Morgan fingerprint density at radius 1 is 1.30 bits per heavy atom. The fourth-order valence-corrected chi connectivity index (χ4v) is 0.849. The van der Waals surface area contributed by atoms with Gasteiger partial charge in [0.05, 0.1) is 5.69 Å². The maximum Gasteiger partial charge on any atom is 0.224 e. The maximum absolute atomic E-state index is 5.64. The van der Waals surface area contributed by atoms with Crippen LogP contribution in [0, 0.1) is 6.92 Å². The van der Waals surface area contributed by atoms with Crippen LogP contribution in [-0.2, 0) is 0 Å². The highest BCUT2D eigenvalue weighted by Gasteiger charge is 2.03. The molecule has 1 aromatic rings. The predicted molar refractivity (Wildman–Crippen MR) is 41.2 cm³/mol. The Bertz CT molecular complexity index is 238. The second kappa shape index (κ2) is 2.60. The molecule has 10 heavy (non-hydrogen) atoms. The molecule has 0 spiro atoms. The molecule has 1 rings (SSSR count). The standard InChI is InChI=1S/C5H5Cl2N3/c1-2-3(6)4(8)10-5(7)9-2/h1H3,(H2,8,9,10). The number of nitrogen functional groups attached to an aromatic ring is 1. The second-order valence-electron chi connectivity index (χ2n) is 1.78. The first-order chi connectivity index (χ1) is 4.61. The van der Waals surface area contributed by atoms with Crippen molar-refractivity contribution in [2.24, 2.45) is 0 Å². The number of aryl methyl sites for hydroxylation is 1. The number of nitrogens with zero attached hydrogens (tertiary/aromatic N) is 2. The van der Waals surface area contributed by atoms with Crippen LogP contribution in [0.25, 0.3) is 0 Å². The van der Waals surface area contributed by atoms with Gasteiger partial charge in [0, 0.05) is 0 Å². The van der Waals surface area contributed by atoms with Gasteiger partial charge in [-0.1, -0.05) is 11.6 Å². The lowest BCUT2D eigenvalue weighted by Crippen LogP contribution is -1.96. The average Bonchev–Trinajstić information content (AvgIpc) is 1.82. The van der Waals surface area contributed by atoms with Gasteiger partial charge in [0.25, 0.3) is 0 Å². The van der Waals surface area contributed by atoms with E-state index in [9.17, 15) is 0 Å². The van der Waals surface area contributed by atoms with Crippen LogP contribution in [0.5, 0.6) is 0 Å². The Morgan fingerprint density at radius 3 is 2.40 bits per heavy atom. The first kappa shape index (κ1) is 7.57. The summed E-state index contributed by atoms with van der Waals surface area (Å²) in [7, 11) is 0. The summed E-state index contributed by atoms with van der Waals surface area (Å²) in [6, 6.07) is 0. The molecule has 0 fully saturated rings. The molecule has 54 valence electrons. The molecule has 1 aromatic heterocycles. The summed E-state index contributed by atoms with van der Waals surface area (Å²) in [5.41, 5.74) is 5.95. The Hall–Kier alpha value is -0.540. The molecular weight excluding hydrogens is 173 g/mol. The van der Waals surface area contributed by atoms with Crippen LogP contribution in [-0.4, -0.2) is 9.97 Å². The van der Waals surface area contributed by atoms with Crippen molar-refractivity contribution in [3.63, 3.8) is 0 Å². The van der Waals surface area contributed by atoms with Crippen molar-refractivity contribution in [2.75, 3.05) is 5.73 Å². The number of anilines is 1. The SMILES string of the molecule is Cc1nc(Cl)nc(N)c1Cl. The first-order valence-corrected chi connectivity index (χ1v) is 3.32. The van der Waals surface area contributed by atoms with Crippen LogP contribution < -0.4 is 5.73 Å². The van der Waals surface area contributed by atoms with Gasteiger partial charge in [-0.05, 0) is 18.5 Å². The van der Waals surface area contributed by atoms with E-state index >= 15 is 0 Å². The topological polar surface area (TPSA) is 51.8 Å². The third-order valence-electron chi connectivity index (χ3n) is 1.02. The summed E-state index contributed by atoms with van der Waals surface area (Å²) >= 11 is 11.1. The fraction of sp³-hybridized carbons (Fsp3) is 0.200. The van der Waals surface area contributed by atoms with Crippen LogP contribution >= 0.6 is 23.2 Å². The van der Waals surface area contributed by atoms with E-state index in [-0.39, 0.29) is 11.1 Å². The number of rotatable bonds is 0. The average molecular weight is 178 g/mol. The summed E-state index contributed by atoms with van der Waals surface area (Å²) in [5, 5.41) is 0.490. The quantitative estimate of drug-likeness (QED) is 0.614. The number of halogens is 2. The molecule has 2 N–H and O–H groups in total. The number of nitrogens with two attached hydrogens (primary N) is 1. The maximum atomic E-state index is 5.64. The van der Waals surface area contributed by atoms with Crippen LogP contribution in [0.2, 0.25) is 10.3 Å². The highest BCUT2D eigenvalue weighted by atomic mass is 35.5. The largest absolute Gasteiger partial charge is 0.382 e. The van der Waals surface area contributed by atoms with Crippen molar-refractivity contribution in [1.82, 2.24) is 9.97 Å². The highest BCUT2D eigenvalue weighted by Crippen LogP contribution is 2.20. The van der Waals surface area contributed by atoms with Crippen LogP contribution in [0.3, 0.4) is 0 Å². The molecule has 0 amide bonds. The molecule has 3 nitrogen and oxygen atoms in total. The van der Waals surface area contributed by atoms with Crippen molar-refractivity contribution in [1.29, 1.82) is 0 Å². The minimum Gasteiger partial charge on any atom is -0.382 e. The second-order valence-corrected chi connectivity index (χ2v) is 2.49. The number of hydrogen-bond acceptors (Lipinski definition) is 3. The van der Waals surface area contributed by atoms with Gasteiger partial charge in [0.1, 0.15) is 10.8 Å². The third kappa shape index (κ3) is 1.30. The van der Waals surface area contributed by atoms with E-state index in [1.165, 1.54) is 0 Å². The first-order valence-electron chi connectivity index (χ1n) is 2.56. The lowest BCUT2D eigenvalue weighted by molar-refractivity contribution is 1.11. The third-order valence-corrected chi connectivity index (χ3v) is 1.65. The summed E-state index contributed by atoms with van der Waals surface area (Å²) in [5.74, 6) is 0.221. The number of aromatic nitrogens is 2. The molecule has 0 radical (unpaired) electrons. The molecule has 0 aliphatic rings. The van der Waals surface area contributed by atoms with Crippen LogP contribution in [0.1, 0.15) is 5.69 Å². The minimum absolute atomic E-state index is 0.124. The van der Waals surface area contributed by atoms with Gasteiger partial charge >= 0.3 is 0 Å². The molecular formula is C5H5Cl2N3. The number of hydrogen-bond donors (Lipinski definition) is 1. The van der Waals surface area contributed by atoms with Crippen LogP contribution in [0.15, 0.2) is 0 Å². The predicted octanol–water partition coefficient (Wildman–Crippen LogP) is 1.67. The summed E-state index contributed by atoms with van der Waals surface area (Å²) in [4.78, 5) is 7.41. The fourth-order valence-electron chi connectivity index (χ4n) is 0.546. The summed E-state index contributed by atoms with van der Waals surface area (Å²) in [6.45, 7) is 1.71. The van der Waals surface area contributed by atoms with Gasteiger partial charge in [-0.15, -0.1) is 0 Å². The van der Waals surface area contributed by atoms with Crippen molar-refractivity contribution in [3.05, 3.63) is 16.0 Å². The van der Waals surface area contributed by atoms with Crippen molar-refractivity contribution in [2.45, 2.75) is 6.92 Å².